The monoisotopic (exact) mass is 381 g/mol. The highest BCUT2D eigenvalue weighted by atomic mass is 19.4. The second-order valence-electron chi connectivity index (χ2n) is 6.72. The first-order valence-corrected chi connectivity index (χ1v) is 8.74. The fraction of sp³-hybridized carbons (Fsp3) is 0.500. The fourth-order valence-electron chi connectivity index (χ4n) is 3.25. The van der Waals surface area contributed by atoms with E-state index in [1.54, 1.807) is 20.0 Å². The van der Waals surface area contributed by atoms with Crippen LogP contribution >= 0.6 is 0 Å². The van der Waals surface area contributed by atoms with E-state index in [2.05, 4.69) is 25.8 Å². The SMILES string of the molecule is CN=C(NCc1noc(C)n1)NCC1(c2cccc(C(F)(F)F)c2)CCC1. The van der Waals surface area contributed by atoms with Gasteiger partial charge in [-0.05, 0) is 24.5 Å². The van der Waals surface area contributed by atoms with Gasteiger partial charge in [0.05, 0.1) is 12.1 Å². The van der Waals surface area contributed by atoms with Crippen molar-refractivity contribution in [3.63, 3.8) is 0 Å². The lowest BCUT2D eigenvalue weighted by atomic mass is 9.64. The van der Waals surface area contributed by atoms with E-state index in [-0.39, 0.29) is 5.41 Å². The van der Waals surface area contributed by atoms with E-state index in [1.807, 2.05) is 0 Å². The Bertz CT molecular complexity index is 811. The lowest BCUT2D eigenvalue weighted by Gasteiger charge is -2.43. The van der Waals surface area contributed by atoms with Crippen molar-refractivity contribution < 1.29 is 17.7 Å². The number of rotatable bonds is 5. The van der Waals surface area contributed by atoms with Crippen molar-refractivity contribution in [3.05, 3.63) is 47.1 Å². The molecule has 27 heavy (non-hydrogen) atoms. The molecule has 1 aromatic carbocycles. The molecule has 0 unspecified atom stereocenters. The summed E-state index contributed by atoms with van der Waals surface area (Å²) in [6.45, 7) is 2.55. The molecule has 1 saturated carbocycles. The summed E-state index contributed by atoms with van der Waals surface area (Å²) in [5.41, 5.74) is -0.219. The van der Waals surface area contributed by atoms with Crippen LogP contribution in [0.25, 0.3) is 0 Å². The second kappa shape index (κ2) is 7.58. The summed E-state index contributed by atoms with van der Waals surface area (Å²) in [7, 11) is 1.63. The number of aliphatic imine (C=N–C) groups is 1. The lowest BCUT2D eigenvalue weighted by molar-refractivity contribution is -0.137. The fourth-order valence-corrected chi connectivity index (χ4v) is 3.25. The van der Waals surface area contributed by atoms with Crippen LogP contribution in [0.5, 0.6) is 0 Å². The van der Waals surface area contributed by atoms with Crippen LogP contribution in [0, 0.1) is 6.92 Å². The van der Waals surface area contributed by atoms with Crippen LogP contribution in [-0.4, -0.2) is 29.7 Å². The summed E-state index contributed by atoms with van der Waals surface area (Å²) in [5, 5.41) is 10.1. The van der Waals surface area contributed by atoms with E-state index in [0.717, 1.165) is 25.3 Å². The molecule has 0 aliphatic heterocycles. The number of hydrogen-bond donors (Lipinski definition) is 2. The molecule has 2 N–H and O–H groups in total. The highest BCUT2D eigenvalue weighted by Crippen LogP contribution is 2.44. The summed E-state index contributed by atoms with van der Waals surface area (Å²) in [6.07, 6.45) is -1.68. The van der Waals surface area contributed by atoms with Crippen molar-refractivity contribution in [1.82, 2.24) is 20.8 Å². The number of nitrogens with one attached hydrogen (secondary N) is 2. The summed E-state index contributed by atoms with van der Waals surface area (Å²) in [4.78, 5) is 8.25. The minimum Gasteiger partial charge on any atom is -0.356 e. The highest BCUT2D eigenvalue weighted by Gasteiger charge is 2.40. The van der Waals surface area contributed by atoms with Gasteiger partial charge in [-0.25, -0.2) is 0 Å². The molecule has 1 aliphatic rings. The molecule has 0 radical (unpaired) electrons. The molecule has 1 aliphatic carbocycles. The van der Waals surface area contributed by atoms with E-state index in [1.165, 1.54) is 12.1 Å². The largest absolute Gasteiger partial charge is 0.416 e. The third-order valence-electron chi connectivity index (χ3n) is 4.91. The van der Waals surface area contributed by atoms with E-state index in [0.29, 0.717) is 36.3 Å². The molecule has 6 nitrogen and oxygen atoms in total. The Kier molecular flexibility index (Phi) is 5.38. The normalized spacial score (nSPS) is 16.7. The molecule has 2 aromatic rings. The third-order valence-corrected chi connectivity index (χ3v) is 4.91. The highest BCUT2D eigenvalue weighted by molar-refractivity contribution is 5.79. The van der Waals surface area contributed by atoms with Crippen molar-refractivity contribution in [1.29, 1.82) is 0 Å². The summed E-state index contributed by atoms with van der Waals surface area (Å²) in [6, 6.07) is 5.62. The molecule has 0 bridgehead atoms. The predicted octanol–water partition coefficient (Wildman–Crippen LogP) is 3.18. The third kappa shape index (κ3) is 4.40. The quantitative estimate of drug-likeness (QED) is 0.615. The van der Waals surface area contributed by atoms with Gasteiger partial charge in [0, 0.05) is 25.9 Å². The van der Waals surface area contributed by atoms with Gasteiger partial charge in [0.15, 0.2) is 11.8 Å². The van der Waals surface area contributed by atoms with Crippen LogP contribution in [0.15, 0.2) is 33.8 Å². The topological polar surface area (TPSA) is 75.3 Å². The van der Waals surface area contributed by atoms with Gasteiger partial charge in [-0.1, -0.05) is 29.8 Å². The first-order valence-electron chi connectivity index (χ1n) is 8.74. The van der Waals surface area contributed by atoms with Crippen LogP contribution in [0.1, 0.15) is 42.1 Å². The molecule has 0 atom stereocenters. The summed E-state index contributed by atoms with van der Waals surface area (Å²) < 4.78 is 44.1. The number of halogens is 3. The average Bonchev–Trinajstić information content (AvgIpc) is 3.01. The predicted molar refractivity (Wildman–Crippen MR) is 94.2 cm³/mol. The van der Waals surface area contributed by atoms with Gasteiger partial charge in [0.1, 0.15) is 0 Å². The van der Waals surface area contributed by atoms with Crippen LogP contribution in [0.3, 0.4) is 0 Å². The van der Waals surface area contributed by atoms with Gasteiger partial charge in [-0.2, -0.15) is 18.2 Å². The second-order valence-corrected chi connectivity index (χ2v) is 6.72. The number of alkyl halides is 3. The molecule has 1 fully saturated rings. The van der Waals surface area contributed by atoms with Crippen molar-refractivity contribution in [2.45, 2.75) is 44.3 Å². The Labute approximate surface area is 155 Å². The Morgan fingerprint density at radius 3 is 2.63 bits per heavy atom. The molecule has 9 heteroatoms. The molecule has 0 amide bonds. The standard InChI is InChI=1S/C18H22F3N5O/c1-12-25-15(26-27-12)10-23-16(22-2)24-11-17(7-4-8-17)13-5-3-6-14(9-13)18(19,20)21/h3,5-6,9H,4,7-8,10-11H2,1-2H3,(H2,22,23,24). The number of benzene rings is 1. The van der Waals surface area contributed by atoms with E-state index >= 15 is 0 Å². The van der Waals surface area contributed by atoms with Crippen LogP contribution in [-0.2, 0) is 18.1 Å². The maximum Gasteiger partial charge on any atom is 0.416 e. The maximum absolute atomic E-state index is 13.0. The molecule has 3 rings (SSSR count). The molecular weight excluding hydrogens is 359 g/mol. The lowest BCUT2D eigenvalue weighted by Crippen LogP contribution is -2.48. The number of aromatic nitrogens is 2. The molecule has 146 valence electrons. The Hall–Kier alpha value is -2.58. The van der Waals surface area contributed by atoms with Gasteiger partial charge in [0.25, 0.3) is 0 Å². The number of guanidine groups is 1. The molecule has 1 aromatic heterocycles. The molecule has 1 heterocycles. The van der Waals surface area contributed by atoms with Crippen LogP contribution < -0.4 is 10.6 Å². The molecule has 0 saturated heterocycles. The summed E-state index contributed by atoms with van der Waals surface area (Å²) in [5.74, 6) is 1.52. The zero-order chi connectivity index (χ0) is 19.5. The van der Waals surface area contributed by atoms with Crippen molar-refractivity contribution in [2.75, 3.05) is 13.6 Å². The zero-order valence-electron chi connectivity index (χ0n) is 15.2. The van der Waals surface area contributed by atoms with Crippen molar-refractivity contribution >= 4 is 5.96 Å². The Morgan fingerprint density at radius 2 is 2.07 bits per heavy atom. The van der Waals surface area contributed by atoms with E-state index in [4.69, 9.17) is 4.52 Å². The first-order chi connectivity index (χ1) is 12.8. The minimum absolute atomic E-state index is 0.318. The maximum atomic E-state index is 13.0. The molecular formula is C18H22F3N5O. The number of hydrogen-bond acceptors (Lipinski definition) is 4. The number of nitrogens with zero attached hydrogens (tertiary/aromatic N) is 3. The van der Waals surface area contributed by atoms with Crippen molar-refractivity contribution in [2.24, 2.45) is 4.99 Å². The van der Waals surface area contributed by atoms with E-state index in [9.17, 15) is 13.2 Å². The van der Waals surface area contributed by atoms with Gasteiger partial charge in [0.2, 0.25) is 5.89 Å². The molecule has 0 spiro atoms. The smallest absolute Gasteiger partial charge is 0.356 e. The van der Waals surface area contributed by atoms with Crippen LogP contribution in [0.2, 0.25) is 0 Å². The Morgan fingerprint density at radius 1 is 1.30 bits per heavy atom. The van der Waals surface area contributed by atoms with Gasteiger partial charge < -0.3 is 15.2 Å². The van der Waals surface area contributed by atoms with Gasteiger partial charge in [-0.15, -0.1) is 0 Å². The number of aryl methyl sites for hydroxylation is 1. The Balaban J connectivity index is 1.65. The van der Waals surface area contributed by atoms with Gasteiger partial charge in [-0.3, -0.25) is 4.99 Å². The summed E-state index contributed by atoms with van der Waals surface area (Å²) >= 11 is 0. The average molecular weight is 381 g/mol. The minimum atomic E-state index is -4.34. The van der Waals surface area contributed by atoms with Crippen LogP contribution in [0.4, 0.5) is 13.2 Å². The van der Waals surface area contributed by atoms with Crippen molar-refractivity contribution in [3.8, 4) is 0 Å². The zero-order valence-corrected chi connectivity index (χ0v) is 15.2. The van der Waals surface area contributed by atoms with Gasteiger partial charge >= 0.3 is 6.18 Å². The first kappa shape index (κ1) is 19.2. The van der Waals surface area contributed by atoms with E-state index < -0.39 is 11.7 Å².